The molecule has 0 saturated carbocycles. The fourth-order valence-electron chi connectivity index (χ4n) is 2.55. The van der Waals surface area contributed by atoms with E-state index in [2.05, 4.69) is 10.3 Å². The van der Waals surface area contributed by atoms with Gasteiger partial charge in [0.05, 0.1) is 23.9 Å². The van der Waals surface area contributed by atoms with Gasteiger partial charge in [-0.15, -0.1) is 0 Å². The molecule has 1 aromatic heterocycles. The molecule has 1 fully saturated rings. The van der Waals surface area contributed by atoms with Crippen LogP contribution in [-0.2, 0) is 0 Å². The van der Waals surface area contributed by atoms with Crippen LogP contribution < -0.4 is 5.32 Å². The lowest BCUT2D eigenvalue weighted by atomic mass is 10.1. The van der Waals surface area contributed by atoms with Gasteiger partial charge in [-0.05, 0) is 31.5 Å². The van der Waals surface area contributed by atoms with Crippen LogP contribution >= 0.6 is 11.8 Å². The highest BCUT2D eigenvalue weighted by atomic mass is 32.2. The number of imidazole rings is 1. The molecular formula is C14H15F2N3S. The normalized spacial score (nSPS) is 18.9. The minimum atomic E-state index is -2.42. The van der Waals surface area contributed by atoms with Crippen LogP contribution in [-0.4, -0.2) is 21.9 Å². The first-order chi connectivity index (χ1) is 9.75. The molecule has 106 valence electrons. The van der Waals surface area contributed by atoms with Crippen LogP contribution in [0.2, 0.25) is 0 Å². The highest BCUT2D eigenvalue weighted by molar-refractivity contribution is 7.99. The van der Waals surface area contributed by atoms with Gasteiger partial charge in [0.2, 0.25) is 0 Å². The molecule has 0 aliphatic carbocycles. The van der Waals surface area contributed by atoms with Crippen LogP contribution in [0.4, 0.5) is 8.78 Å². The largest absolute Gasteiger partial charge is 0.309 e. The standard InChI is InChI=1S/C14H15F2N3S/c15-14(16)20-13-6-2-1-5-11(13)19-9-17-8-12(19)10-4-3-7-18-10/h1-2,5-6,8-10,14,18H,3-4,7H2/t10-/m0/s1. The predicted octanol–water partition coefficient (Wildman–Crippen LogP) is 3.61. The molecule has 6 heteroatoms. The summed E-state index contributed by atoms with van der Waals surface area (Å²) >= 11 is 0.572. The number of benzene rings is 1. The Labute approximate surface area is 120 Å². The number of rotatable bonds is 4. The Morgan fingerprint density at radius 3 is 2.95 bits per heavy atom. The minimum Gasteiger partial charge on any atom is -0.309 e. The maximum absolute atomic E-state index is 12.7. The van der Waals surface area contributed by atoms with Gasteiger partial charge in [0.15, 0.2) is 0 Å². The zero-order valence-corrected chi connectivity index (χ0v) is 11.6. The van der Waals surface area contributed by atoms with Crippen molar-refractivity contribution in [2.75, 3.05) is 6.54 Å². The van der Waals surface area contributed by atoms with Crippen molar-refractivity contribution in [1.29, 1.82) is 0 Å². The second kappa shape index (κ2) is 5.93. The summed E-state index contributed by atoms with van der Waals surface area (Å²) in [6.45, 7) is 0.989. The van der Waals surface area contributed by atoms with Gasteiger partial charge in [-0.25, -0.2) is 4.98 Å². The molecular weight excluding hydrogens is 280 g/mol. The van der Waals surface area contributed by atoms with E-state index in [1.54, 1.807) is 18.5 Å². The van der Waals surface area contributed by atoms with Gasteiger partial charge >= 0.3 is 0 Å². The van der Waals surface area contributed by atoms with Crippen molar-refractivity contribution in [2.24, 2.45) is 0 Å². The molecule has 1 atom stereocenters. The molecule has 1 saturated heterocycles. The maximum atomic E-state index is 12.7. The summed E-state index contributed by atoms with van der Waals surface area (Å²) in [7, 11) is 0. The molecule has 1 N–H and O–H groups in total. The second-order valence-electron chi connectivity index (χ2n) is 4.68. The lowest BCUT2D eigenvalue weighted by molar-refractivity contribution is 0.252. The number of halogens is 2. The molecule has 1 aromatic carbocycles. The third-order valence-corrected chi connectivity index (χ3v) is 4.20. The number of thioether (sulfide) groups is 1. The summed E-state index contributed by atoms with van der Waals surface area (Å²) in [6, 6.07) is 7.46. The van der Waals surface area contributed by atoms with Crippen LogP contribution in [0.5, 0.6) is 0 Å². The van der Waals surface area contributed by atoms with Crippen molar-refractivity contribution < 1.29 is 8.78 Å². The van der Waals surface area contributed by atoms with E-state index < -0.39 is 5.76 Å². The van der Waals surface area contributed by atoms with E-state index in [0.717, 1.165) is 30.8 Å². The average molecular weight is 295 g/mol. The third kappa shape index (κ3) is 2.71. The topological polar surface area (TPSA) is 29.9 Å². The fraction of sp³-hybridized carbons (Fsp3) is 0.357. The first-order valence-electron chi connectivity index (χ1n) is 6.55. The summed E-state index contributed by atoms with van der Waals surface area (Å²) in [4.78, 5) is 4.76. The van der Waals surface area contributed by atoms with E-state index in [0.29, 0.717) is 16.7 Å². The van der Waals surface area contributed by atoms with Crippen molar-refractivity contribution in [1.82, 2.24) is 14.9 Å². The van der Waals surface area contributed by atoms with E-state index in [-0.39, 0.29) is 6.04 Å². The van der Waals surface area contributed by atoms with E-state index in [1.165, 1.54) is 0 Å². The summed E-state index contributed by atoms with van der Waals surface area (Å²) in [6.07, 6.45) is 5.69. The van der Waals surface area contributed by atoms with Crippen LogP contribution in [0.1, 0.15) is 24.6 Å². The molecule has 2 aromatic rings. The van der Waals surface area contributed by atoms with Gasteiger partial charge in [0.1, 0.15) is 0 Å². The van der Waals surface area contributed by atoms with E-state index in [4.69, 9.17) is 0 Å². The third-order valence-electron chi connectivity index (χ3n) is 3.43. The highest BCUT2D eigenvalue weighted by Gasteiger charge is 2.21. The van der Waals surface area contributed by atoms with Gasteiger partial charge in [-0.1, -0.05) is 23.9 Å². The lowest BCUT2D eigenvalue weighted by Gasteiger charge is -2.16. The second-order valence-corrected chi connectivity index (χ2v) is 5.72. The molecule has 3 rings (SSSR count). The number of aromatic nitrogens is 2. The molecule has 0 spiro atoms. The number of para-hydroxylation sites is 1. The Morgan fingerprint density at radius 1 is 1.35 bits per heavy atom. The summed E-state index contributed by atoms with van der Waals surface area (Å²) in [5, 5.41) is 3.41. The van der Waals surface area contributed by atoms with Crippen LogP contribution in [0.25, 0.3) is 5.69 Å². The average Bonchev–Trinajstić information content (AvgIpc) is 3.09. The summed E-state index contributed by atoms with van der Waals surface area (Å²) < 4.78 is 27.2. The first kappa shape index (κ1) is 13.6. The van der Waals surface area contributed by atoms with Gasteiger partial charge in [-0.3, -0.25) is 0 Å². The molecule has 2 heterocycles. The van der Waals surface area contributed by atoms with E-state index in [9.17, 15) is 8.78 Å². The number of hydrogen-bond acceptors (Lipinski definition) is 3. The fourth-order valence-corrected chi connectivity index (χ4v) is 3.19. The van der Waals surface area contributed by atoms with Crippen molar-refractivity contribution >= 4 is 11.8 Å². The van der Waals surface area contributed by atoms with Crippen LogP contribution in [0.3, 0.4) is 0 Å². The number of nitrogens with zero attached hydrogens (tertiary/aromatic N) is 2. The SMILES string of the molecule is FC(F)Sc1ccccc1-n1cncc1[C@@H]1CCCN1. The molecule has 1 aliphatic heterocycles. The molecule has 3 nitrogen and oxygen atoms in total. The van der Waals surface area contributed by atoms with Gasteiger partial charge in [-0.2, -0.15) is 8.78 Å². The number of nitrogens with one attached hydrogen (secondary N) is 1. The van der Waals surface area contributed by atoms with Gasteiger partial charge in [0, 0.05) is 10.9 Å². The lowest BCUT2D eigenvalue weighted by Crippen LogP contribution is -2.16. The van der Waals surface area contributed by atoms with Crippen molar-refractivity contribution in [3.05, 3.63) is 42.5 Å². The van der Waals surface area contributed by atoms with Crippen molar-refractivity contribution in [3.63, 3.8) is 0 Å². The molecule has 0 unspecified atom stereocenters. The Hall–Kier alpha value is -1.40. The smallest absolute Gasteiger partial charge is 0.288 e. The zero-order valence-electron chi connectivity index (χ0n) is 10.8. The molecule has 1 aliphatic rings. The monoisotopic (exact) mass is 295 g/mol. The van der Waals surface area contributed by atoms with E-state index >= 15 is 0 Å². The predicted molar refractivity (Wildman–Crippen MR) is 75.4 cm³/mol. The van der Waals surface area contributed by atoms with E-state index in [1.807, 2.05) is 22.9 Å². The maximum Gasteiger partial charge on any atom is 0.288 e. The number of alkyl halides is 2. The molecule has 0 bridgehead atoms. The highest BCUT2D eigenvalue weighted by Crippen LogP contribution is 2.33. The van der Waals surface area contributed by atoms with Crippen molar-refractivity contribution in [3.8, 4) is 5.69 Å². The quantitative estimate of drug-likeness (QED) is 0.874. The molecule has 20 heavy (non-hydrogen) atoms. The minimum absolute atomic E-state index is 0.252. The Bertz CT molecular complexity index is 579. The van der Waals surface area contributed by atoms with Crippen LogP contribution in [0.15, 0.2) is 41.7 Å². The van der Waals surface area contributed by atoms with Crippen LogP contribution in [0, 0.1) is 0 Å². The Kier molecular flexibility index (Phi) is 4.03. The molecule has 0 amide bonds. The summed E-state index contributed by atoms with van der Waals surface area (Å²) in [5.41, 5.74) is 1.80. The van der Waals surface area contributed by atoms with Gasteiger partial charge in [0.25, 0.3) is 5.76 Å². The van der Waals surface area contributed by atoms with Gasteiger partial charge < -0.3 is 9.88 Å². The zero-order chi connectivity index (χ0) is 13.9. The first-order valence-corrected chi connectivity index (χ1v) is 7.43. The van der Waals surface area contributed by atoms with Crippen molar-refractivity contribution in [2.45, 2.75) is 29.5 Å². The summed E-state index contributed by atoms with van der Waals surface area (Å²) in [5.74, 6) is -2.42. The molecule has 0 radical (unpaired) electrons. The number of hydrogen-bond donors (Lipinski definition) is 1. The Morgan fingerprint density at radius 2 is 2.20 bits per heavy atom. The Balaban J connectivity index is 1.99.